The zero-order chi connectivity index (χ0) is 11.5. The van der Waals surface area contributed by atoms with Crippen LogP contribution in [0.2, 0.25) is 5.15 Å². The quantitative estimate of drug-likeness (QED) is 0.825. The van der Waals surface area contributed by atoms with Crippen molar-refractivity contribution < 1.29 is 9.47 Å². The van der Waals surface area contributed by atoms with Crippen LogP contribution >= 0.6 is 11.6 Å². The summed E-state index contributed by atoms with van der Waals surface area (Å²) >= 11 is 6.00. The van der Waals surface area contributed by atoms with E-state index in [2.05, 4.69) is 5.10 Å². The van der Waals surface area contributed by atoms with Gasteiger partial charge in [0.05, 0.1) is 20.4 Å². The molecule has 4 nitrogen and oxygen atoms in total. The van der Waals surface area contributed by atoms with Crippen LogP contribution in [0.15, 0.2) is 30.5 Å². The van der Waals surface area contributed by atoms with Crippen molar-refractivity contribution in [2.75, 3.05) is 14.2 Å². The maximum absolute atomic E-state index is 6.00. The summed E-state index contributed by atoms with van der Waals surface area (Å²) in [6, 6.07) is 7.16. The van der Waals surface area contributed by atoms with E-state index in [4.69, 9.17) is 21.1 Å². The second-order valence-electron chi connectivity index (χ2n) is 3.10. The Labute approximate surface area is 98.4 Å². The van der Waals surface area contributed by atoms with Gasteiger partial charge in [0.15, 0.2) is 0 Å². The molecule has 0 saturated carbocycles. The lowest BCUT2D eigenvalue weighted by molar-refractivity contribution is 0.400. The first-order valence-electron chi connectivity index (χ1n) is 4.68. The third-order valence-corrected chi connectivity index (χ3v) is 2.50. The van der Waals surface area contributed by atoms with Crippen molar-refractivity contribution in [2.45, 2.75) is 0 Å². The van der Waals surface area contributed by atoms with Crippen LogP contribution in [0.5, 0.6) is 11.5 Å². The standard InChI is InChI=1S/C11H11ClN2O2/c1-15-8-3-4-10(16-2)9(7-8)14-11(12)5-6-13-14/h3-7H,1-2H3. The first-order valence-corrected chi connectivity index (χ1v) is 5.06. The van der Waals surface area contributed by atoms with Gasteiger partial charge in [0.2, 0.25) is 0 Å². The lowest BCUT2D eigenvalue weighted by atomic mass is 10.2. The molecule has 0 amide bonds. The van der Waals surface area contributed by atoms with Gasteiger partial charge in [-0.25, -0.2) is 4.68 Å². The predicted molar refractivity (Wildman–Crippen MR) is 61.7 cm³/mol. The topological polar surface area (TPSA) is 36.3 Å². The molecule has 2 rings (SSSR count). The highest BCUT2D eigenvalue weighted by Gasteiger charge is 2.10. The molecule has 1 heterocycles. The molecule has 0 bridgehead atoms. The summed E-state index contributed by atoms with van der Waals surface area (Å²) in [4.78, 5) is 0. The number of hydrogen-bond acceptors (Lipinski definition) is 3. The number of aromatic nitrogens is 2. The molecule has 0 aliphatic carbocycles. The SMILES string of the molecule is COc1ccc(OC)c(-n2nccc2Cl)c1. The first-order chi connectivity index (χ1) is 7.76. The van der Waals surface area contributed by atoms with Crippen molar-refractivity contribution in [3.63, 3.8) is 0 Å². The minimum Gasteiger partial charge on any atom is -0.497 e. The molecule has 2 aromatic rings. The fourth-order valence-corrected chi connectivity index (χ4v) is 1.62. The summed E-state index contributed by atoms with van der Waals surface area (Å²) in [6.07, 6.45) is 1.63. The van der Waals surface area contributed by atoms with Crippen LogP contribution in [0.25, 0.3) is 5.69 Å². The number of rotatable bonds is 3. The Hall–Kier alpha value is -1.68. The number of hydrogen-bond donors (Lipinski definition) is 0. The number of ether oxygens (including phenoxy) is 2. The van der Waals surface area contributed by atoms with Crippen molar-refractivity contribution in [1.82, 2.24) is 9.78 Å². The zero-order valence-corrected chi connectivity index (χ0v) is 9.73. The van der Waals surface area contributed by atoms with E-state index in [0.717, 1.165) is 11.4 Å². The molecule has 0 aliphatic heterocycles. The van der Waals surface area contributed by atoms with Crippen molar-refractivity contribution in [2.24, 2.45) is 0 Å². The van der Waals surface area contributed by atoms with E-state index in [0.29, 0.717) is 10.9 Å². The van der Waals surface area contributed by atoms with E-state index in [1.807, 2.05) is 18.2 Å². The molecule has 0 radical (unpaired) electrons. The van der Waals surface area contributed by atoms with Gasteiger partial charge < -0.3 is 9.47 Å². The Kier molecular flexibility index (Phi) is 3.01. The molecule has 0 fully saturated rings. The second kappa shape index (κ2) is 4.45. The van der Waals surface area contributed by atoms with E-state index < -0.39 is 0 Å². The van der Waals surface area contributed by atoms with Crippen molar-refractivity contribution in [3.05, 3.63) is 35.6 Å². The van der Waals surface area contributed by atoms with E-state index >= 15 is 0 Å². The van der Waals surface area contributed by atoms with Crippen LogP contribution in [0.3, 0.4) is 0 Å². The smallest absolute Gasteiger partial charge is 0.144 e. The Morgan fingerprint density at radius 3 is 2.56 bits per heavy atom. The molecule has 0 aliphatic rings. The average Bonchev–Trinajstić information content (AvgIpc) is 2.74. The number of nitrogens with zero attached hydrogens (tertiary/aromatic N) is 2. The molecule has 0 spiro atoms. The summed E-state index contributed by atoms with van der Waals surface area (Å²) in [5.74, 6) is 1.41. The molecule has 1 aromatic heterocycles. The molecule has 0 unspecified atom stereocenters. The summed E-state index contributed by atoms with van der Waals surface area (Å²) < 4.78 is 12.0. The van der Waals surface area contributed by atoms with E-state index in [9.17, 15) is 0 Å². The molecule has 0 atom stereocenters. The molecule has 0 N–H and O–H groups in total. The van der Waals surface area contributed by atoms with Gasteiger partial charge in [-0.2, -0.15) is 5.10 Å². The van der Waals surface area contributed by atoms with Gasteiger partial charge in [0.25, 0.3) is 0 Å². The van der Waals surface area contributed by atoms with Gasteiger partial charge in [0, 0.05) is 6.07 Å². The summed E-state index contributed by atoms with van der Waals surface area (Å²) in [5, 5.41) is 4.64. The molecule has 1 aromatic carbocycles. The molecule has 5 heteroatoms. The van der Waals surface area contributed by atoms with Gasteiger partial charge >= 0.3 is 0 Å². The predicted octanol–water partition coefficient (Wildman–Crippen LogP) is 2.54. The van der Waals surface area contributed by atoms with Gasteiger partial charge in [-0.3, -0.25) is 0 Å². The van der Waals surface area contributed by atoms with Crippen LogP contribution in [-0.4, -0.2) is 24.0 Å². The zero-order valence-electron chi connectivity index (χ0n) is 8.98. The van der Waals surface area contributed by atoms with Crippen LogP contribution in [-0.2, 0) is 0 Å². The molecule has 84 valence electrons. The van der Waals surface area contributed by atoms with Crippen LogP contribution in [0.4, 0.5) is 0 Å². The number of benzene rings is 1. The van der Waals surface area contributed by atoms with Crippen molar-refractivity contribution in [3.8, 4) is 17.2 Å². The largest absolute Gasteiger partial charge is 0.497 e. The summed E-state index contributed by atoms with van der Waals surface area (Å²) in [5.41, 5.74) is 0.747. The monoisotopic (exact) mass is 238 g/mol. The average molecular weight is 239 g/mol. The Morgan fingerprint density at radius 1 is 1.19 bits per heavy atom. The van der Waals surface area contributed by atoms with Crippen LogP contribution in [0.1, 0.15) is 0 Å². The molecule has 0 saturated heterocycles. The maximum Gasteiger partial charge on any atom is 0.144 e. The van der Waals surface area contributed by atoms with Gasteiger partial charge in [-0.15, -0.1) is 0 Å². The van der Waals surface area contributed by atoms with E-state index in [1.54, 1.807) is 31.2 Å². The third kappa shape index (κ3) is 1.84. The van der Waals surface area contributed by atoms with Crippen molar-refractivity contribution >= 4 is 11.6 Å². The van der Waals surface area contributed by atoms with Crippen LogP contribution in [0, 0.1) is 0 Å². The minimum absolute atomic E-state index is 0.520. The Balaban J connectivity index is 2.57. The number of halogens is 1. The minimum atomic E-state index is 0.520. The maximum atomic E-state index is 6.00. The third-order valence-electron chi connectivity index (χ3n) is 2.21. The fraction of sp³-hybridized carbons (Fsp3) is 0.182. The lowest BCUT2D eigenvalue weighted by Crippen LogP contribution is -2.00. The highest BCUT2D eigenvalue weighted by Crippen LogP contribution is 2.28. The highest BCUT2D eigenvalue weighted by molar-refractivity contribution is 6.29. The Morgan fingerprint density at radius 2 is 2.00 bits per heavy atom. The molecular weight excluding hydrogens is 228 g/mol. The lowest BCUT2D eigenvalue weighted by Gasteiger charge is -2.10. The highest BCUT2D eigenvalue weighted by atomic mass is 35.5. The normalized spacial score (nSPS) is 10.2. The molecule has 16 heavy (non-hydrogen) atoms. The number of methoxy groups -OCH3 is 2. The van der Waals surface area contributed by atoms with Crippen molar-refractivity contribution in [1.29, 1.82) is 0 Å². The van der Waals surface area contributed by atoms with E-state index in [1.165, 1.54) is 0 Å². The summed E-state index contributed by atoms with van der Waals surface area (Å²) in [6.45, 7) is 0. The summed E-state index contributed by atoms with van der Waals surface area (Å²) in [7, 11) is 3.21. The first kappa shape index (κ1) is 10.8. The molecular formula is C11H11ClN2O2. The fourth-order valence-electron chi connectivity index (χ4n) is 1.43. The Bertz CT molecular complexity index is 496. The van der Waals surface area contributed by atoms with Crippen LogP contribution < -0.4 is 9.47 Å². The van der Waals surface area contributed by atoms with Gasteiger partial charge in [-0.1, -0.05) is 11.6 Å². The second-order valence-corrected chi connectivity index (χ2v) is 3.49. The van der Waals surface area contributed by atoms with Gasteiger partial charge in [0.1, 0.15) is 22.3 Å². The van der Waals surface area contributed by atoms with Gasteiger partial charge in [-0.05, 0) is 18.2 Å². The van der Waals surface area contributed by atoms with E-state index in [-0.39, 0.29) is 0 Å².